The Labute approximate surface area is 546 Å². The van der Waals surface area contributed by atoms with Crippen molar-refractivity contribution >= 4 is 64.4 Å². The molecule has 2 aliphatic heterocycles. The predicted octanol–water partition coefficient (Wildman–Crippen LogP) is 7.31. The number of amides is 6. The van der Waals surface area contributed by atoms with Crippen molar-refractivity contribution in [1.82, 2.24) is 35.1 Å². The first kappa shape index (κ1) is 81.8. The molecule has 2 aliphatic rings. The van der Waals surface area contributed by atoms with E-state index < -0.39 is 161 Å². The lowest BCUT2D eigenvalue weighted by atomic mass is 9.82. The zero-order valence-electron chi connectivity index (χ0n) is 59.5. The van der Waals surface area contributed by atoms with Gasteiger partial charge in [0.2, 0.25) is 35.4 Å². The number of ketones is 5. The van der Waals surface area contributed by atoms with Crippen LogP contribution >= 0.6 is 0 Å². The quantitative estimate of drug-likeness (QED) is 0.0797. The van der Waals surface area contributed by atoms with Crippen LogP contribution in [0.1, 0.15) is 194 Å². The van der Waals surface area contributed by atoms with Crippen molar-refractivity contribution in [1.29, 1.82) is 0 Å². The van der Waals surface area contributed by atoms with Crippen LogP contribution in [0.2, 0.25) is 0 Å². The zero-order valence-corrected chi connectivity index (χ0v) is 59.5. The number of aliphatic hydroxyl groups excluding tert-OH is 1. The number of hydrogen-bond donors (Lipinski definition) is 3. The van der Waals surface area contributed by atoms with Gasteiger partial charge in [0, 0.05) is 104 Å². The molecule has 0 bridgehead atoms. The SMILES string of the molecule is C/C=C/C[C@@H](C)[C@@H](O)[C@@H]1CC(=O)[C@H](C(C)C)N(C)C(=O)[C@H](CC(C)C)CC(=O)[C@H](CC(C)C)N(C)C(=O)[C@@H](C)NC(=O)[C@H](C)CC(=O)[C@H](CC(C)C)N(C)C(=O)[C@H](C(C)C)CC(=O)[C@H]([C@@H](C)OCCCCN2CCOCC2)N(C)C(=O)CCC(=O)[C@H](CC)NC1=O. The van der Waals surface area contributed by atoms with Crippen molar-refractivity contribution in [3.63, 3.8) is 0 Å². The average molecular weight is 1280 g/mol. The molecule has 0 saturated carbocycles. The van der Waals surface area contributed by atoms with Gasteiger partial charge in [-0.25, -0.2) is 0 Å². The molecule has 0 aromatic rings. The second kappa shape index (κ2) is 40.1. The first-order valence-electron chi connectivity index (χ1n) is 34.0. The van der Waals surface area contributed by atoms with Crippen molar-refractivity contribution in [2.75, 3.05) is 67.6 Å². The molecule has 0 unspecified atom stereocenters. The van der Waals surface area contributed by atoms with Gasteiger partial charge in [0.1, 0.15) is 12.1 Å². The highest BCUT2D eigenvalue weighted by atomic mass is 16.5. The molecular weight excluding hydrogens is 1160 g/mol. The van der Waals surface area contributed by atoms with Crippen LogP contribution in [-0.2, 0) is 62.2 Å². The van der Waals surface area contributed by atoms with E-state index >= 15 is 0 Å². The van der Waals surface area contributed by atoms with Gasteiger partial charge in [0.15, 0.2) is 28.9 Å². The molecule has 520 valence electrons. The van der Waals surface area contributed by atoms with Crippen molar-refractivity contribution < 1.29 is 67.3 Å². The standard InChI is InChI=1S/C70H121N7O14/c1-21-23-26-47(13)65(84)53-41-60(81)63(46(11)12)76(20)69(88)51(35-42(3)4)39-59(80)56(37-44(7)8)73(17)68(87)49(15)71-66(85)48(14)38-58(79)55(36-43(5)6)74(18)70(89)52(45(9)10)40-61(82)64(50(16)91-32-25-24-29-77-30-33-90-34-31-77)75(19)62(83)28-27-57(78)54(22-2)72-67(53)86/h21,23,42-56,63-65,84H,22,24-41H2,1-20H3,(H,71,85)(H,72,86)/b23-21+/t47-,48-,49-,50-,51-,52+,53+,54+,55+,56+,63+,64+,65-/m1/s1. The van der Waals surface area contributed by atoms with Crippen LogP contribution < -0.4 is 10.6 Å². The van der Waals surface area contributed by atoms with E-state index in [-0.39, 0.29) is 82.1 Å². The van der Waals surface area contributed by atoms with E-state index in [4.69, 9.17) is 9.47 Å². The molecule has 21 heteroatoms. The summed E-state index contributed by atoms with van der Waals surface area (Å²) in [5.41, 5.74) is 0. The Bertz CT molecular complexity index is 2420. The summed E-state index contributed by atoms with van der Waals surface area (Å²) in [6.45, 7) is 32.7. The lowest BCUT2D eigenvalue weighted by Crippen LogP contribution is -2.53. The second-order valence-corrected chi connectivity index (χ2v) is 28.3. The number of carbonyl (C=O) groups excluding carboxylic acids is 11. The summed E-state index contributed by atoms with van der Waals surface area (Å²) in [7, 11) is 5.96. The first-order valence-corrected chi connectivity index (χ1v) is 34.0. The van der Waals surface area contributed by atoms with Crippen LogP contribution in [-0.4, -0.2) is 210 Å². The molecule has 0 aromatic heterocycles. The molecule has 6 amide bonds. The number of morpholine rings is 1. The molecule has 2 saturated heterocycles. The third-order valence-electron chi connectivity index (χ3n) is 18.4. The average Bonchev–Trinajstić information content (AvgIpc) is 1.11. The fourth-order valence-corrected chi connectivity index (χ4v) is 12.8. The van der Waals surface area contributed by atoms with Crippen molar-refractivity contribution in [3.8, 4) is 0 Å². The molecule has 91 heavy (non-hydrogen) atoms. The largest absolute Gasteiger partial charge is 0.392 e. The number of carbonyl (C=O) groups is 11. The molecule has 2 heterocycles. The number of ether oxygens (including phenoxy) is 2. The molecule has 0 radical (unpaired) electrons. The highest BCUT2D eigenvalue weighted by Crippen LogP contribution is 2.30. The van der Waals surface area contributed by atoms with Crippen LogP contribution in [0.25, 0.3) is 0 Å². The van der Waals surface area contributed by atoms with Crippen molar-refractivity contribution in [2.45, 2.75) is 243 Å². The summed E-state index contributed by atoms with van der Waals surface area (Å²) < 4.78 is 11.8. The van der Waals surface area contributed by atoms with Gasteiger partial charge in [0.05, 0.1) is 55.5 Å². The smallest absolute Gasteiger partial charge is 0.245 e. The number of likely N-dealkylation sites (N-methyl/N-ethyl adjacent to an activating group) is 4. The Morgan fingerprint density at radius 2 is 1.12 bits per heavy atom. The van der Waals surface area contributed by atoms with Gasteiger partial charge in [-0.1, -0.05) is 102 Å². The first-order chi connectivity index (χ1) is 42.5. The van der Waals surface area contributed by atoms with Crippen molar-refractivity contribution in [2.24, 2.45) is 59.2 Å². The van der Waals surface area contributed by atoms with Gasteiger partial charge in [-0.2, -0.15) is 0 Å². The highest BCUT2D eigenvalue weighted by Gasteiger charge is 2.43. The fraction of sp³-hybridized carbons (Fsp3) is 0.814. The summed E-state index contributed by atoms with van der Waals surface area (Å²) in [6.07, 6.45) is 1.94. The lowest BCUT2D eigenvalue weighted by molar-refractivity contribution is -0.148. The van der Waals surface area contributed by atoms with E-state index in [0.29, 0.717) is 26.1 Å². The number of Topliss-reactive ketones (excluding diaryl/α,β-unsaturated/α-hetero) is 5. The summed E-state index contributed by atoms with van der Waals surface area (Å²) >= 11 is 0. The minimum Gasteiger partial charge on any atom is -0.392 e. The Balaban J connectivity index is 2.87. The summed E-state index contributed by atoms with van der Waals surface area (Å²) in [4.78, 5) is 168. The minimum absolute atomic E-state index is 0.0808. The number of hydrogen-bond acceptors (Lipinski definition) is 15. The molecule has 2 rings (SSSR count). The van der Waals surface area contributed by atoms with Crippen LogP contribution in [0, 0.1) is 59.2 Å². The molecule has 13 atom stereocenters. The third kappa shape index (κ3) is 25.9. The van der Waals surface area contributed by atoms with Gasteiger partial charge in [0.25, 0.3) is 0 Å². The number of nitrogens with one attached hydrogen (secondary N) is 2. The number of unbranched alkanes of at least 4 members (excludes halogenated alkanes) is 1. The van der Waals surface area contributed by atoms with Crippen LogP contribution in [0.4, 0.5) is 0 Å². The maximum atomic E-state index is 15.0. The van der Waals surface area contributed by atoms with Crippen LogP contribution in [0.15, 0.2) is 12.2 Å². The number of allylic oxidation sites excluding steroid dienone is 2. The Morgan fingerprint density at radius 3 is 1.65 bits per heavy atom. The Kier molecular flexibility index (Phi) is 36.1. The third-order valence-corrected chi connectivity index (χ3v) is 18.4. The molecule has 21 nitrogen and oxygen atoms in total. The molecular formula is C70H121N7O14. The molecule has 0 aliphatic carbocycles. The van der Waals surface area contributed by atoms with E-state index in [1.54, 1.807) is 55.4 Å². The molecule has 0 aromatic carbocycles. The summed E-state index contributed by atoms with van der Waals surface area (Å²) in [5.74, 6) is -11.7. The Morgan fingerprint density at radius 1 is 0.582 bits per heavy atom. The van der Waals surface area contributed by atoms with Gasteiger partial charge >= 0.3 is 0 Å². The lowest BCUT2D eigenvalue weighted by Gasteiger charge is -2.36. The van der Waals surface area contributed by atoms with Crippen LogP contribution in [0.5, 0.6) is 0 Å². The van der Waals surface area contributed by atoms with Gasteiger partial charge in [-0.3, -0.25) is 57.6 Å². The maximum absolute atomic E-state index is 15.0. The van der Waals surface area contributed by atoms with Gasteiger partial charge in [-0.15, -0.1) is 0 Å². The Hall–Kier alpha value is -5.25. The number of rotatable bonds is 20. The van der Waals surface area contributed by atoms with Gasteiger partial charge < -0.3 is 44.8 Å². The summed E-state index contributed by atoms with van der Waals surface area (Å²) in [5, 5.41) is 17.6. The van der Waals surface area contributed by atoms with E-state index in [9.17, 15) is 57.8 Å². The second-order valence-electron chi connectivity index (χ2n) is 28.3. The van der Waals surface area contributed by atoms with E-state index in [2.05, 4.69) is 15.5 Å². The highest BCUT2D eigenvalue weighted by molar-refractivity contribution is 5.99. The van der Waals surface area contributed by atoms with E-state index in [1.165, 1.54) is 54.7 Å². The van der Waals surface area contributed by atoms with Gasteiger partial charge in [-0.05, 0) is 108 Å². The molecule has 2 fully saturated rings. The fourth-order valence-electron chi connectivity index (χ4n) is 12.8. The number of nitrogens with zero attached hydrogens (tertiary/aromatic N) is 5. The maximum Gasteiger partial charge on any atom is 0.245 e. The van der Waals surface area contributed by atoms with E-state index in [0.717, 1.165) is 26.1 Å². The van der Waals surface area contributed by atoms with Crippen LogP contribution in [0.3, 0.4) is 0 Å². The summed E-state index contributed by atoms with van der Waals surface area (Å²) in [6, 6.07) is -6.62. The number of aliphatic hydroxyl groups is 1. The normalized spacial score (nSPS) is 27.5. The minimum atomic E-state index is -1.38. The monoisotopic (exact) mass is 1280 g/mol. The van der Waals surface area contributed by atoms with E-state index in [1.807, 2.05) is 60.6 Å². The zero-order chi connectivity index (χ0) is 69.3. The van der Waals surface area contributed by atoms with Crippen molar-refractivity contribution in [3.05, 3.63) is 12.2 Å². The predicted molar refractivity (Wildman–Crippen MR) is 353 cm³/mol. The molecule has 0 spiro atoms. The molecule has 3 N–H and O–H groups in total. The topological polar surface area (TPSA) is 267 Å².